The van der Waals surface area contributed by atoms with E-state index in [-0.39, 0.29) is 5.69 Å². The molecule has 1 N–H and O–H groups in total. The van der Waals surface area contributed by atoms with Crippen molar-refractivity contribution in [1.29, 1.82) is 0 Å². The van der Waals surface area contributed by atoms with E-state index in [1.54, 1.807) is 12.1 Å². The molecule has 2 aromatic carbocycles. The van der Waals surface area contributed by atoms with Gasteiger partial charge in [-0.15, -0.1) is 0 Å². The number of hydrogen-bond donors (Lipinski definition) is 1. The highest BCUT2D eigenvalue weighted by atomic mass is 32.1. The first-order chi connectivity index (χ1) is 10.6. The fraction of sp³-hybridized carbons (Fsp3) is 0.188. The molecule has 22 heavy (non-hydrogen) atoms. The van der Waals surface area contributed by atoms with Crippen LogP contribution in [0.3, 0.4) is 0 Å². The maximum Gasteiger partial charge on any atom is 0.271 e. The Hall–Kier alpha value is -2.47. The van der Waals surface area contributed by atoms with Gasteiger partial charge in [0.2, 0.25) is 0 Å². The van der Waals surface area contributed by atoms with Gasteiger partial charge in [0.1, 0.15) is 0 Å². The molecular weight excluding hydrogens is 298 g/mol. The van der Waals surface area contributed by atoms with Crippen LogP contribution in [-0.2, 0) is 6.42 Å². The van der Waals surface area contributed by atoms with Crippen molar-refractivity contribution in [3.63, 3.8) is 0 Å². The smallest absolute Gasteiger partial charge is 0.271 e. The summed E-state index contributed by atoms with van der Waals surface area (Å²) in [6.45, 7) is 0.845. The average molecular weight is 313 g/mol. The topological polar surface area (TPSA) is 58.4 Å². The number of non-ortho nitro benzene ring substituents is 1. The summed E-state index contributed by atoms with van der Waals surface area (Å²) < 4.78 is 0. The minimum Gasteiger partial charge on any atom is -0.332 e. The number of nitro groups is 1. The molecule has 1 aliphatic heterocycles. The highest BCUT2D eigenvalue weighted by Gasteiger charge is 2.20. The second-order valence-corrected chi connectivity index (χ2v) is 5.51. The van der Waals surface area contributed by atoms with Crippen molar-refractivity contribution in [3.8, 4) is 0 Å². The van der Waals surface area contributed by atoms with E-state index in [4.69, 9.17) is 12.2 Å². The lowest BCUT2D eigenvalue weighted by Crippen LogP contribution is -2.38. The van der Waals surface area contributed by atoms with Gasteiger partial charge in [0.25, 0.3) is 5.69 Å². The molecular formula is C16H15N3O2S. The summed E-state index contributed by atoms with van der Waals surface area (Å²) in [7, 11) is 0. The van der Waals surface area contributed by atoms with Crippen LogP contribution in [-0.4, -0.2) is 16.6 Å². The SMILES string of the molecule is O=[N+]([O-])c1cccc(NC(=S)N2CCCc3ccccc32)c1. The van der Waals surface area contributed by atoms with E-state index in [1.807, 2.05) is 17.0 Å². The summed E-state index contributed by atoms with van der Waals surface area (Å²) in [5, 5.41) is 14.5. The molecule has 1 aliphatic rings. The van der Waals surface area contributed by atoms with E-state index in [1.165, 1.54) is 17.7 Å². The van der Waals surface area contributed by atoms with Crippen LogP contribution in [0.25, 0.3) is 0 Å². The summed E-state index contributed by atoms with van der Waals surface area (Å²) in [6.07, 6.45) is 2.08. The lowest BCUT2D eigenvalue weighted by atomic mass is 10.0. The number of nitrogens with zero attached hydrogens (tertiary/aromatic N) is 2. The molecule has 0 bridgehead atoms. The van der Waals surface area contributed by atoms with Crippen LogP contribution < -0.4 is 10.2 Å². The molecule has 0 saturated heterocycles. The third-order valence-electron chi connectivity index (χ3n) is 3.66. The van der Waals surface area contributed by atoms with Crippen LogP contribution in [0.1, 0.15) is 12.0 Å². The molecule has 2 aromatic rings. The van der Waals surface area contributed by atoms with E-state index in [0.717, 1.165) is 25.1 Å². The van der Waals surface area contributed by atoms with E-state index in [0.29, 0.717) is 10.8 Å². The van der Waals surface area contributed by atoms with Crippen LogP contribution in [0.5, 0.6) is 0 Å². The van der Waals surface area contributed by atoms with E-state index >= 15 is 0 Å². The number of para-hydroxylation sites is 1. The van der Waals surface area contributed by atoms with Crippen molar-refractivity contribution in [3.05, 3.63) is 64.2 Å². The van der Waals surface area contributed by atoms with Crippen LogP contribution >= 0.6 is 12.2 Å². The zero-order valence-corrected chi connectivity index (χ0v) is 12.7. The van der Waals surface area contributed by atoms with Gasteiger partial charge in [-0.05, 0) is 42.8 Å². The van der Waals surface area contributed by atoms with Crippen molar-refractivity contribution in [2.75, 3.05) is 16.8 Å². The number of nitrogens with one attached hydrogen (secondary N) is 1. The third-order valence-corrected chi connectivity index (χ3v) is 3.99. The Balaban J connectivity index is 1.81. The van der Waals surface area contributed by atoms with E-state index in [2.05, 4.69) is 17.4 Å². The molecule has 0 aromatic heterocycles. The van der Waals surface area contributed by atoms with Crippen LogP contribution in [0.15, 0.2) is 48.5 Å². The molecule has 0 fully saturated rings. The number of thiocarbonyl (C=S) groups is 1. The Labute approximate surface area is 133 Å². The normalized spacial score (nSPS) is 13.4. The number of nitro benzene ring substituents is 1. The first-order valence-electron chi connectivity index (χ1n) is 7.06. The Morgan fingerprint density at radius 2 is 2.05 bits per heavy atom. The van der Waals surface area contributed by atoms with E-state index in [9.17, 15) is 10.1 Å². The standard InChI is InChI=1S/C16H15N3O2S/c20-19(21)14-8-3-7-13(11-14)17-16(22)18-10-4-6-12-5-1-2-9-15(12)18/h1-3,5,7-9,11H,4,6,10H2,(H,17,22). The number of fused-ring (bicyclic) bond motifs is 1. The molecule has 1 heterocycles. The van der Waals surface area contributed by atoms with Crippen LogP contribution in [0.4, 0.5) is 17.1 Å². The summed E-state index contributed by atoms with van der Waals surface area (Å²) in [4.78, 5) is 12.5. The van der Waals surface area contributed by atoms with Gasteiger partial charge in [-0.1, -0.05) is 24.3 Å². The highest BCUT2D eigenvalue weighted by molar-refractivity contribution is 7.80. The summed E-state index contributed by atoms with van der Waals surface area (Å²) in [6, 6.07) is 14.6. The Morgan fingerprint density at radius 1 is 1.23 bits per heavy atom. The van der Waals surface area contributed by atoms with Gasteiger partial charge in [-0.2, -0.15) is 0 Å². The van der Waals surface area contributed by atoms with Crippen LogP contribution in [0, 0.1) is 10.1 Å². The Morgan fingerprint density at radius 3 is 2.86 bits per heavy atom. The minimum atomic E-state index is -0.412. The second kappa shape index (κ2) is 6.11. The van der Waals surface area contributed by atoms with Gasteiger partial charge >= 0.3 is 0 Å². The molecule has 0 aliphatic carbocycles. The van der Waals surface area contributed by atoms with Crippen molar-refractivity contribution in [2.24, 2.45) is 0 Å². The average Bonchev–Trinajstić information content (AvgIpc) is 2.54. The largest absolute Gasteiger partial charge is 0.332 e. The number of hydrogen-bond acceptors (Lipinski definition) is 3. The summed E-state index contributed by atoms with van der Waals surface area (Å²) in [5.74, 6) is 0. The predicted octanol–water partition coefficient (Wildman–Crippen LogP) is 3.74. The zero-order chi connectivity index (χ0) is 15.5. The lowest BCUT2D eigenvalue weighted by Gasteiger charge is -2.31. The van der Waals surface area contributed by atoms with Gasteiger partial charge in [-0.3, -0.25) is 10.1 Å². The summed E-state index contributed by atoms with van der Waals surface area (Å²) in [5.41, 5.74) is 3.06. The number of benzene rings is 2. The van der Waals surface area contributed by atoms with Gasteiger partial charge < -0.3 is 10.2 Å². The molecule has 0 unspecified atom stereocenters. The van der Waals surface area contributed by atoms with Crippen molar-refractivity contribution < 1.29 is 4.92 Å². The second-order valence-electron chi connectivity index (χ2n) is 5.12. The first kappa shape index (κ1) is 14.5. The van der Waals surface area contributed by atoms with E-state index < -0.39 is 4.92 Å². The number of anilines is 2. The Bertz CT molecular complexity index is 733. The van der Waals surface area contributed by atoms with Crippen molar-refractivity contribution >= 4 is 34.4 Å². The molecule has 0 atom stereocenters. The maximum absolute atomic E-state index is 10.8. The fourth-order valence-corrected chi connectivity index (χ4v) is 2.94. The zero-order valence-electron chi connectivity index (χ0n) is 11.9. The third kappa shape index (κ3) is 2.92. The number of rotatable bonds is 2. The van der Waals surface area contributed by atoms with Gasteiger partial charge in [0.05, 0.1) is 4.92 Å². The first-order valence-corrected chi connectivity index (χ1v) is 7.47. The predicted molar refractivity (Wildman–Crippen MR) is 91.4 cm³/mol. The molecule has 0 amide bonds. The van der Waals surface area contributed by atoms with Crippen molar-refractivity contribution in [2.45, 2.75) is 12.8 Å². The highest BCUT2D eigenvalue weighted by Crippen LogP contribution is 2.27. The molecule has 3 rings (SSSR count). The minimum absolute atomic E-state index is 0.0480. The molecule has 0 spiro atoms. The fourth-order valence-electron chi connectivity index (χ4n) is 2.63. The number of aryl methyl sites for hydroxylation is 1. The lowest BCUT2D eigenvalue weighted by molar-refractivity contribution is -0.384. The molecule has 0 radical (unpaired) electrons. The quantitative estimate of drug-likeness (QED) is 0.520. The monoisotopic (exact) mass is 313 g/mol. The molecule has 112 valence electrons. The van der Waals surface area contributed by atoms with Crippen LogP contribution in [0.2, 0.25) is 0 Å². The summed E-state index contributed by atoms with van der Waals surface area (Å²) >= 11 is 5.49. The molecule has 0 saturated carbocycles. The molecule has 6 heteroatoms. The van der Waals surface area contributed by atoms with Gasteiger partial charge in [0.15, 0.2) is 5.11 Å². The Kier molecular flexibility index (Phi) is 4.02. The van der Waals surface area contributed by atoms with Gasteiger partial charge in [0, 0.05) is 30.1 Å². The maximum atomic E-state index is 10.8. The van der Waals surface area contributed by atoms with Crippen molar-refractivity contribution in [1.82, 2.24) is 0 Å². The molecule has 5 nitrogen and oxygen atoms in total. The van der Waals surface area contributed by atoms with Gasteiger partial charge in [-0.25, -0.2) is 0 Å².